The van der Waals surface area contributed by atoms with Gasteiger partial charge in [-0.3, -0.25) is 4.72 Å². The molecule has 1 rings (SSSR count). The molecule has 0 aromatic heterocycles. The predicted octanol–water partition coefficient (Wildman–Crippen LogP) is 1.54. The van der Waals surface area contributed by atoms with E-state index in [2.05, 4.69) is 4.72 Å². The van der Waals surface area contributed by atoms with E-state index in [0.717, 1.165) is 0 Å². The third kappa shape index (κ3) is 2.38. The minimum absolute atomic E-state index is 0.0725. The van der Waals surface area contributed by atoms with E-state index in [1.54, 1.807) is 26.0 Å². The van der Waals surface area contributed by atoms with Crippen molar-refractivity contribution in [2.75, 3.05) is 4.72 Å². The second kappa shape index (κ2) is 3.88. The highest BCUT2D eigenvalue weighted by atomic mass is 32.2. The molecular weight excluding hydrogens is 202 g/mol. The van der Waals surface area contributed by atoms with Crippen LogP contribution in [-0.4, -0.2) is 18.8 Å². The summed E-state index contributed by atoms with van der Waals surface area (Å²) in [6, 6.07) is 6.22. The van der Waals surface area contributed by atoms with E-state index in [1.165, 1.54) is 12.1 Å². The van der Waals surface area contributed by atoms with Gasteiger partial charge < -0.3 is 5.11 Å². The molecule has 0 unspecified atom stereocenters. The van der Waals surface area contributed by atoms with E-state index in [4.69, 9.17) is 0 Å². The summed E-state index contributed by atoms with van der Waals surface area (Å²) in [5, 5.41) is 8.80. The maximum atomic E-state index is 11.4. The van der Waals surface area contributed by atoms with E-state index >= 15 is 0 Å². The molecular formula is C9H13NO3S. The molecule has 0 fully saturated rings. The second-order valence-corrected chi connectivity index (χ2v) is 5.45. The second-order valence-electron chi connectivity index (χ2n) is 3.21. The number of rotatable bonds is 3. The highest BCUT2D eigenvalue weighted by Gasteiger charge is 2.16. The van der Waals surface area contributed by atoms with Crippen LogP contribution in [0.25, 0.3) is 0 Å². The molecule has 2 N–H and O–H groups in total. The van der Waals surface area contributed by atoms with Crippen LogP contribution in [0.2, 0.25) is 0 Å². The highest BCUT2D eigenvalue weighted by molar-refractivity contribution is 7.93. The Morgan fingerprint density at radius 2 is 1.86 bits per heavy atom. The molecule has 4 nitrogen and oxygen atoms in total. The molecule has 5 heteroatoms. The van der Waals surface area contributed by atoms with E-state index in [-0.39, 0.29) is 11.4 Å². The Hall–Kier alpha value is -1.23. The van der Waals surface area contributed by atoms with Crippen molar-refractivity contribution in [1.29, 1.82) is 0 Å². The monoisotopic (exact) mass is 215 g/mol. The molecule has 0 atom stereocenters. The number of nitrogens with one attached hydrogen (secondary N) is 1. The van der Waals surface area contributed by atoms with Gasteiger partial charge >= 0.3 is 0 Å². The van der Waals surface area contributed by atoms with E-state index < -0.39 is 15.3 Å². The van der Waals surface area contributed by atoms with E-state index in [0.29, 0.717) is 0 Å². The SMILES string of the molecule is CC(C)S(=O)(=O)Nc1ccccc1O. The molecule has 78 valence electrons. The molecule has 0 heterocycles. The van der Waals surface area contributed by atoms with Gasteiger partial charge in [-0.15, -0.1) is 0 Å². The normalized spacial score (nSPS) is 11.6. The number of para-hydroxylation sites is 2. The van der Waals surface area contributed by atoms with Crippen LogP contribution in [0.3, 0.4) is 0 Å². The lowest BCUT2D eigenvalue weighted by atomic mass is 10.3. The number of sulfonamides is 1. The Bertz CT molecular complexity index is 412. The molecule has 0 radical (unpaired) electrons. The number of phenolic OH excluding ortho intramolecular Hbond substituents is 1. The fraction of sp³-hybridized carbons (Fsp3) is 0.333. The van der Waals surface area contributed by atoms with Crippen LogP contribution in [0.15, 0.2) is 24.3 Å². The van der Waals surface area contributed by atoms with Crippen molar-refractivity contribution in [2.24, 2.45) is 0 Å². The first-order valence-corrected chi connectivity index (χ1v) is 5.78. The summed E-state index contributed by atoms with van der Waals surface area (Å²) in [7, 11) is -3.38. The maximum Gasteiger partial charge on any atom is 0.235 e. The van der Waals surface area contributed by atoms with Gasteiger partial charge in [0.15, 0.2) is 0 Å². The summed E-state index contributed by atoms with van der Waals surface area (Å²) in [5.74, 6) is -0.0725. The van der Waals surface area contributed by atoms with Gasteiger partial charge in [0, 0.05) is 0 Å². The Labute approximate surface area is 83.6 Å². The summed E-state index contributed by atoms with van der Waals surface area (Å²) < 4.78 is 25.2. The zero-order valence-electron chi connectivity index (χ0n) is 8.06. The van der Waals surface area contributed by atoms with Gasteiger partial charge in [-0.05, 0) is 26.0 Å². The van der Waals surface area contributed by atoms with Crippen molar-refractivity contribution in [3.05, 3.63) is 24.3 Å². The largest absolute Gasteiger partial charge is 0.506 e. The molecule has 1 aromatic rings. The predicted molar refractivity (Wildman–Crippen MR) is 55.8 cm³/mol. The quantitative estimate of drug-likeness (QED) is 0.752. The Kier molecular flexibility index (Phi) is 3.00. The van der Waals surface area contributed by atoms with Gasteiger partial charge in [0.05, 0.1) is 10.9 Å². The number of anilines is 1. The Morgan fingerprint density at radius 1 is 1.29 bits per heavy atom. The topological polar surface area (TPSA) is 66.4 Å². The number of hydrogen-bond donors (Lipinski definition) is 2. The molecule has 0 spiro atoms. The molecule has 14 heavy (non-hydrogen) atoms. The molecule has 0 aliphatic heterocycles. The van der Waals surface area contributed by atoms with Crippen LogP contribution < -0.4 is 4.72 Å². The molecule has 0 aliphatic carbocycles. The zero-order valence-corrected chi connectivity index (χ0v) is 8.88. The molecule has 0 aliphatic rings. The van der Waals surface area contributed by atoms with Crippen molar-refractivity contribution < 1.29 is 13.5 Å². The van der Waals surface area contributed by atoms with Crippen LogP contribution in [0.4, 0.5) is 5.69 Å². The van der Waals surface area contributed by atoms with Gasteiger partial charge in [-0.2, -0.15) is 0 Å². The zero-order chi connectivity index (χ0) is 10.8. The molecule has 0 bridgehead atoms. The smallest absolute Gasteiger partial charge is 0.235 e. The molecule has 0 saturated heterocycles. The lowest BCUT2D eigenvalue weighted by Gasteiger charge is -2.11. The van der Waals surface area contributed by atoms with Crippen molar-refractivity contribution in [1.82, 2.24) is 0 Å². The van der Waals surface area contributed by atoms with Gasteiger partial charge in [-0.25, -0.2) is 8.42 Å². The lowest BCUT2D eigenvalue weighted by Crippen LogP contribution is -2.22. The number of aromatic hydroxyl groups is 1. The average Bonchev–Trinajstić information content (AvgIpc) is 2.08. The minimum Gasteiger partial charge on any atom is -0.506 e. The van der Waals surface area contributed by atoms with Crippen LogP contribution in [-0.2, 0) is 10.0 Å². The summed E-state index contributed by atoms with van der Waals surface area (Å²) in [6.07, 6.45) is 0. The van der Waals surface area contributed by atoms with Gasteiger partial charge in [0.1, 0.15) is 5.75 Å². The minimum atomic E-state index is -3.38. The third-order valence-corrected chi connectivity index (χ3v) is 3.52. The van der Waals surface area contributed by atoms with Crippen LogP contribution in [0.5, 0.6) is 5.75 Å². The van der Waals surface area contributed by atoms with E-state index in [1.807, 2.05) is 0 Å². The summed E-state index contributed by atoms with van der Waals surface area (Å²) in [5.41, 5.74) is 0.209. The van der Waals surface area contributed by atoms with Crippen LogP contribution in [0, 0.1) is 0 Å². The first-order chi connectivity index (χ1) is 6.43. The standard InChI is InChI=1S/C9H13NO3S/c1-7(2)14(12,13)10-8-5-3-4-6-9(8)11/h3-7,10-11H,1-2H3. The molecule has 1 aromatic carbocycles. The molecule has 0 saturated carbocycles. The first-order valence-electron chi connectivity index (χ1n) is 4.23. The summed E-state index contributed by atoms with van der Waals surface area (Å²) >= 11 is 0. The number of hydrogen-bond acceptors (Lipinski definition) is 3. The van der Waals surface area contributed by atoms with E-state index in [9.17, 15) is 13.5 Å². The number of benzene rings is 1. The van der Waals surface area contributed by atoms with Gasteiger partial charge in [0.25, 0.3) is 0 Å². The molecule has 0 amide bonds. The third-order valence-electron chi connectivity index (χ3n) is 1.78. The summed E-state index contributed by atoms with van der Waals surface area (Å²) in [4.78, 5) is 0. The van der Waals surface area contributed by atoms with Crippen molar-refractivity contribution in [3.8, 4) is 5.75 Å². The Balaban J connectivity index is 2.96. The van der Waals surface area contributed by atoms with Crippen molar-refractivity contribution >= 4 is 15.7 Å². The van der Waals surface area contributed by atoms with Crippen LogP contribution in [0.1, 0.15) is 13.8 Å². The van der Waals surface area contributed by atoms with Gasteiger partial charge in [-0.1, -0.05) is 12.1 Å². The highest BCUT2D eigenvalue weighted by Crippen LogP contribution is 2.23. The fourth-order valence-corrected chi connectivity index (χ4v) is 1.55. The first kappa shape index (κ1) is 10.8. The number of phenols is 1. The average molecular weight is 215 g/mol. The van der Waals surface area contributed by atoms with Gasteiger partial charge in [0.2, 0.25) is 10.0 Å². The van der Waals surface area contributed by atoms with Crippen molar-refractivity contribution in [2.45, 2.75) is 19.1 Å². The van der Waals surface area contributed by atoms with Crippen molar-refractivity contribution in [3.63, 3.8) is 0 Å². The summed E-state index contributed by atoms with van der Waals surface area (Å²) in [6.45, 7) is 3.14. The Morgan fingerprint density at radius 3 is 2.36 bits per heavy atom. The fourth-order valence-electron chi connectivity index (χ4n) is 0.831. The lowest BCUT2D eigenvalue weighted by molar-refractivity contribution is 0.477. The maximum absolute atomic E-state index is 11.4. The van der Waals surface area contributed by atoms with Crippen LogP contribution >= 0.6 is 0 Å².